The maximum atomic E-state index is 13.9. The molecule has 0 aliphatic heterocycles. The van der Waals surface area contributed by atoms with Crippen LogP contribution < -0.4 is 10.6 Å². The van der Waals surface area contributed by atoms with Crippen molar-refractivity contribution in [3.63, 3.8) is 0 Å². The molecule has 0 radical (unpaired) electrons. The van der Waals surface area contributed by atoms with E-state index < -0.39 is 42.2 Å². The maximum absolute atomic E-state index is 13.9. The van der Waals surface area contributed by atoms with Gasteiger partial charge in [0.2, 0.25) is 5.91 Å². The molecule has 3 N–H and O–H groups in total. The Morgan fingerprint density at radius 2 is 1.58 bits per heavy atom. The first-order chi connectivity index (χ1) is 17.9. The van der Waals surface area contributed by atoms with E-state index in [0.717, 1.165) is 21.9 Å². The monoisotopic (exact) mass is 519 g/mol. The van der Waals surface area contributed by atoms with Crippen molar-refractivity contribution in [3.8, 4) is 0 Å². The van der Waals surface area contributed by atoms with Crippen LogP contribution in [0.25, 0.3) is 10.8 Å². The molecule has 3 aromatic carbocycles. The highest BCUT2D eigenvalue weighted by Crippen LogP contribution is 2.30. The molecule has 8 heteroatoms. The number of aryl methyl sites for hydroxylation is 2. The van der Waals surface area contributed by atoms with Gasteiger partial charge in [-0.25, -0.2) is 4.79 Å². The number of carbonyl (C=O) groups is 3. The van der Waals surface area contributed by atoms with Crippen molar-refractivity contribution in [2.75, 3.05) is 18.5 Å². The molecule has 0 aliphatic rings. The highest BCUT2D eigenvalue weighted by molar-refractivity contribution is 6.00. The molecular formula is C30H37N3O5. The van der Waals surface area contributed by atoms with E-state index in [1.54, 1.807) is 27.7 Å². The van der Waals surface area contributed by atoms with Gasteiger partial charge in [0, 0.05) is 12.2 Å². The molecule has 202 valence electrons. The molecule has 8 nitrogen and oxygen atoms in total. The zero-order valence-electron chi connectivity index (χ0n) is 22.9. The summed E-state index contributed by atoms with van der Waals surface area (Å²) < 4.78 is 5.27. The van der Waals surface area contributed by atoms with Gasteiger partial charge in [0.1, 0.15) is 17.7 Å². The van der Waals surface area contributed by atoms with Gasteiger partial charge in [-0.15, -0.1) is 0 Å². The number of anilines is 1. The van der Waals surface area contributed by atoms with Gasteiger partial charge in [-0.3, -0.25) is 9.59 Å². The third-order valence-electron chi connectivity index (χ3n) is 6.19. The Balaban J connectivity index is 1.98. The Labute approximate surface area is 224 Å². The summed E-state index contributed by atoms with van der Waals surface area (Å²) in [5.74, 6) is -0.996. The van der Waals surface area contributed by atoms with Crippen LogP contribution in [-0.4, -0.2) is 52.7 Å². The van der Waals surface area contributed by atoms with Crippen molar-refractivity contribution < 1.29 is 24.2 Å². The van der Waals surface area contributed by atoms with Crippen LogP contribution in [0.2, 0.25) is 0 Å². The normalized spacial score (nSPS) is 12.9. The number of ether oxygens (including phenoxy) is 1. The maximum Gasteiger partial charge on any atom is 0.408 e. The van der Waals surface area contributed by atoms with Gasteiger partial charge in [0.15, 0.2) is 0 Å². The van der Waals surface area contributed by atoms with E-state index in [9.17, 15) is 19.5 Å². The number of alkyl carbamates (subject to hydrolysis) is 1. The summed E-state index contributed by atoms with van der Waals surface area (Å²) in [5, 5.41) is 17.4. The van der Waals surface area contributed by atoms with E-state index in [1.807, 2.05) is 74.5 Å². The summed E-state index contributed by atoms with van der Waals surface area (Å²) in [6.45, 7) is 10.1. The van der Waals surface area contributed by atoms with E-state index >= 15 is 0 Å². The number of nitrogens with zero attached hydrogens (tertiary/aromatic N) is 1. The van der Waals surface area contributed by atoms with E-state index in [0.29, 0.717) is 11.3 Å². The summed E-state index contributed by atoms with van der Waals surface area (Å²) in [5.41, 5.74) is 2.19. The third kappa shape index (κ3) is 6.89. The highest BCUT2D eigenvalue weighted by atomic mass is 16.6. The second kappa shape index (κ2) is 12.1. The van der Waals surface area contributed by atoms with Crippen molar-refractivity contribution in [2.45, 2.75) is 59.2 Å². The fraction of sp³-hybridized carbons (Fsp3) is 0.367. The number of hydrogen-bond donors (Lipinski definition) is 3. The Morgan fingerprint density at radius 1 is 0.947 bits per heavy atom. The van der Waals surface area contributed by atoms with Crippen LogP contribution in [0.5, 0.6) is 0 Å². The number of rotatable bonds is 8. The highest BCUT2D eigenvalue weighted by Gasteiger charge is 2.36. The lowest BCUT2D eigenvalue weighted by atomic mass is 9.93. The van der Waals surface area contributed by atoms with Crippen molar-refractivity contribution in [3.05, 3.63) is 77.4 Å². The van der Waals surface area contributed by atoms with Gasteiger partial charge in [-0.05, 0) is 81.1 Å². The number of aliphatic hydroxyl groups excluding tert-OH is 1. The second-order valence-electron chi connectivity index (χ2n) is 10.3. The molecule has 0 bridgehead atoms. The number of nitrogens with one attached hydrogen (secondary N) is 2. The minimum atomic E-state index is -1.29. The Bertz CT molecular complexity index is 1290. The number of aliphatic hydroxyl groups is 1. The number of amides is 3. The molecule has 0 fully saturated rings. The van der Waals surface area contributed by atoms with E-state index in [2.05, 4.69) is 10.6 Å². The number of carbonyl (C=O) groups excluding carboxylic acids is 3. The zero-order valence-corrected chi connectivity index (χ0v) is 22.9. The van der Waals surface area contributed by atoms with Crippen molar-refractivity contribution in [1.82, 2.24) is 10.2 Å². The second-order valence-corrected chi connectivity index (χ2v) is 10.3. The fourth-order valence-electron chi connectivity index (χ4n) is 4.47. The molecule has 0 aliphatic carbocycles. The van der Waals surface area contributed by atoms with Crippen molar-refractivity contribution >= 4 is 34.4 Å². The molecule has 38 heavy (non-hydrogen) atoms. The number of hydrogen-bond acceptors (Lipinski definition) is 5. The van der Waals surface area contributed by atoms with Crippen LogP contribution in [-0.2, 0) is 14.3 Å². The topological polar surface area (TPSA) is 108 Å². The smallest absolute Gasteiger partial charge is 0.408 e. The Kier molecular flexibility index (Phi) is 9.12. The Hall–Kier alpha value is -3.91. The lowest BCUT2D eigenvalue weighted by Crippen LogP contribution is -2.54. The summed E-state index contributed by atoms with van der Waals surface area (Å²) in [6, 6.07) is 16.8. The number of benzene rings is 3. The van der Waals surface area contributed by atoms with Crippen LogP contribution in [0.4, 0.5) is 10.5 Å². The average molecular weight is 520 g/mol. The van der Waals surface area contributed by atoms with Gasteiger partial charge in [0.05, 0.1) is 6.61 Å². The molecular weight excluding hydrogens is 482 g/mol. The minimum Gasteiger partial charge on any atom is -0.444 e. The standard InChI is InChI=1S/C30H37N3O5/c1-7-33(28(36)24(18-34)32-29(37)38-30(4,5)6)26(25-19(2)11-10-12-20(25)3)27(35)31-23-16-15-21-13-8-9-14-22(21)17-23/h8-17,24,26,34H,7,18H2,1-6H3,(H,31,35)(H,32,37). The molecule has 0 spiro atoms. The summed E-state index contributed by atoms with van der Waals surface area (Å²) in [7, 11) is 0. The lowest BCUT2D eigenvalue weighted by molar-refractivity contribution is -0.141. The van der Waals surface area contributed by atoms with Crippen molar-refractivity contribution in [1.29, 1.82) is 0 Å². The summed E-state index contributed by atoms with van der Waals surface area (Å²) in [4.78, 5) is 41.3. The zero-order chi connectivity index (χ0) is 28.0. The molecule has 3 amide bonds. The van der Waals surface area contributed by atoms with Gasteiger partial charge in [-0.2, -0.15) is 0 Å². The molecule has 0 heterocycles. The molecule has 2 unspecified atom stereocenters. The quantitative estimate of drug-likeness (QED) is 0.394. The van der Waals surface area contributed by atoms with E-state index in [4.69, 9.17) is 4.74 Å². The summed E-state index contributed by atoms with van der Waals surface area (Å²) in [6.07, 6.45) is -0.829. The van der Waals surface area contributed by atoms with Gasteiger partial charge < -0.3 is 25.4 Å². The number of likely N-dealkylation sites (N-methyl/N-ethyl adjacent to an activating group) is 1. The van der Waals surface area contributed by atoms with Crippen LogP contribution in [0.1, 0.15) is 50.4 Å². The largest absolute Gasteiger partial charge is 0.444 e. The van der Waals surface area contributed by atoms with E-state index in [1.165, 1.54) is 4.90 Å². The van der Waals surface area contributed by atoms with Gasteiger partial charge >= 0.3 is 6.09 Å². The molecule has 2 atom stereocenters. The molecule has 3 aromatic rings. The third-order valence-corrected chi connectivity index (χ3v) is 6.19. The summed E-state index contributed by atoms with van der Waals surface area (Å²) >= 11 is 0. The van der Waals surface area contributed by atoms with Crippen LogP contribution in [0, 0.1) is 13.8 Å². The minimum absolute atomic E-state index is 0.162. The van der Waals surface area contributed by atoms with Crippen LogP contribution in [0.3, 0.4) is 0 Å². The SMILES string of the molecule is CCN(C(=O)C(CO)NC(=O)OC(C)(C)C)C(C(=O)Nc1ccc2ccccc2c1)c1c(C)cccc1C. The molecule has 0 saturated heterocycles. The lowest BCUT2D eigenvalue weighted by Gasteiger charge is -2.34. The molecule has 0 saturated carbocycles. The fourth-order valence-corrected chi connectivity index (χ4v) is 4.47. The average Bonchev–Trinajstić information content (AvgIpc) is 2.85. The van der Waals surface area contributed by atoms with Gasteiger partial charge in [0.25, 0.3) is 5.91 Å². The molecule has 3 rings (SSSR count). The first-order valence-electron chi connectivity index (χ1n) is 12.7. The first-order valence-corrected chi connectivity index (χ1v) is 12.7. The predicted molar refractivity (Wildman–Crippen MR) is 149 cm³/mol. The first kappa shape index (κ1) is 28.7. The Morgan fingerprint density at radius 3 is 2.16 bits per heavy atom. The number of fused-ring (bicyclic) bond motifs is 1. The van der Waals surface area contributed by atoms with Crippen molar-refractivity contribution in [2.24, 2.45) is 0 Å². The molecule has 0 aromatic heterocycles. The van der Waals surface area contributed by atoms with Crippen LogP contribution in [0.15, 0.2) is 60.7 Å². The van der Waals surface area contributed by atoms with Crippen LogP contribution >= 0.6 is 0 Å². The van der Waals surface area contributed by atoms with E-state index in [-0.39, 0.29) is 6.54 Å². The van der Waals surface area contributed by atoms with Gasteiger partial charge in [-0.1, -0.05) is 48.5 Å². The predicted octanol–water partition coefficient (Wildman–Crippen LogP) is 4.87.